The van der Waals surface area contributed by atoms with Gasteiger partial charge in [-0.1, -0.05) is 48.5 Å². The summed E-state index contributed by atoms with van der Waals surface area (Å²) in [6.07, 6.45) is 3.72. The molecule has 2 aliphatic heterocycles. The smallest absolute Gasteiger partial charge is 0.0442 e. The molecule has 0 amide bonds. The van der Waals surface area contributed by atoms with Crippen LogP contribution in [0.2, 0.25) is 0 Å². The zero-order valence-corrected chi connectivity index (χ0v) is 13.0. The van der Waals surface area contributed by atoms with E-state index in [-0.39, 0.29) is 5.54 Å². The maximum Gasteiger partial charge on any atom is 0.0442 e. The van der Waals surface area contributed by atoms with E-state index in [1.54, 1.807) is 5.56 Å². The Labute approximate surface area is 127 Å². The van der Waals surface area contributed by atoms with Crippen LogP contribution < -0.4 is 4.90 Å². The zero-order chi connectivity index (χ0) is 14.4. The molecule has 4 rings (SSSR count). The lowest BCUT2D eigenvalue weighted by Gasteiger charge is -2.51. The maximum absolute atomic E-state index is 2.67. The van der Waals surface area contributed by atoms with Crippen LogP contribution in [-0.2, 0) is 6.42 Å². The second-order valence-corrected chi connectivity index (χ2v) is 7.09. The second-order valence-electron chi connectivity index (χ2n) is 7.09. The predicted molar refractivity (Wildman–Crippen MR) is 89.1 cm³/mol. The highest BCUT2D eigenvalue weighted by Gasteiger charge is 2.40. The van der Waals surface area contributed by atoms with Crippen LogP contribution in [0.4, 0.5) is 5.69 Å². The highest BCUT2D eigenvalue weighted by atomic mass is 15.2. The van der Waals surface area contributed by atoms with Crippen molar-refractivity contribution in [1.29, 1.82) is 0 Å². The van der Waals surface area contributed by atoms with E-state index in [0.29, 0.717) is 5.92 Å². The van der Waals surface area contributed by atoms with E-state index in [2.05, 4.69) is 67.3 Å². The highest BCUT2D eigenvalue weighted by Crippen LogP contribution is 2.49. The minimum atomic E-state index is 0.240. The Hall–Kier alpha value is -1.76. The average molecular weight is 277 g/mol. The largest absolute Gasteiger partial charge is 0.366 e. The fraction of sp³-hybridized carbons (Fsp3) is 0.400. The van der Waals surface area contributed by atoms with E-state index < -0.39 is 0 Å². The first kappa shape index (κ1) is 12.9. The molecule has 0 aliphatic carbocycles. The van der Waals surface area contributed by atoms with Crippen LogP contribution in [0.3, 0.4) is 0 Å². The van der Waals surface area contributed by atoms with Crippen molar-refractivity contribution in [1.82, 2.24) is 0 Å². The minimum absolute atomic E-state index is 0.240. The van der Waals surface area contributed by atoms with Gasteiger partial charge < -0.3 is 4.90 Å². The van der Waals surface area contributed by atoms with E-state index in [4.69, 9.17) is 0 Å². The molecule has 0 saturated heterocycles. The van der Waals surface area contributed by atoms with Crippen molar-refractivity contribution < 1.29 is 0 Å². The van der Waals surface area contributed by atoms with Crippen LogP contribution in [-0.4, -0.2) is 12.1 Å². The van der Waals surface area contributed by atoms with Crippen LogP contribution in [0.1, 0.15) is 49.3 Å². The molecule has 0 fully saturated rings. The number of anilines is 1. The molecule has 0 bridgehead atoms. The van der Waals surface area contributed by atoms with Crippen molar-refractivity contribution in [2.24, 2.45) is 0 Å². The van der Waals surface area contributed by atoms with Crippen molar-refractivity contribution in [3.8, 4) is 0 Å². The lowest BCUT2D eigenvalue weighted by Crippen LogP contribution is -2.51. The van der Waals surface area contributed by atoms with Gasteiger partial charge in [0.05, 0.1) is 0 Å². The molecule has 0 aromatic heterocycles. The molecule has 0 N–H and O–H groups in total. The molecule has 1 heteroatoms. The third-order valence-electron chi connectivity index (χ3n) is 5.26. The summed E-state index contributed by atoms with van der Waals surface area (Å²) in [6.45, 7) is 6.03. The quantitative estimate of drug-likeness (QED) is 0.727. The number of hydrogen-bond donors (Lipinski definition) is 0. The van der Waals surface area contributed by atoms with Crippen LogP contribution in [0, 0.1) is 0 Å². The van der Waals surface area contributed by atoms with Crippen molar-refractivity contribution in [2.75, 3.05) is 11.4 Å². The molecule has 1 unspecified atom stereocenters. The monoisotopic (exact) mass is 277 g/mol. The molecule has 108 valence electrons. The predicted octanol–water partition coefficient (Wildman–Crippen LogP) is 4.75. The molecule has 2 aromatic carbocycles. The number of rotatable bonds is 1. The van der Waals surface area contributed by atoms with Crippen molar-refractivity contribution in [3.63, 3.8) is 0 Å². The Bertz CT molecular complexity index is 657. The van der Waals surface area contributed by atoms with Gasteiger partial charge in [-0.15, -0.1) is 0 Å². The fourth-order valence-corrected chi connectivity index (χ4v) is 4.27. The molecule has 1 atom stereocenters. The van der Waals surface area contributed by atoms with Gasteiger partial charge in [0.25, 0.3) is 0 Å². The third-order valence-corrected chi connectivity index (χ3v) is 5.26. The summed E-state index contributed by atoms with van der Waals surface area (Å²) < 4.78 is 0. The summed E-state index contributed by atoms with van der Waals surface area (Å²) in [5.74, 6) is 0.533. The van der Waals surface area contributed by atoms with E-state index in [1.807, 2.05) is 0 Å². The fourth-order valence-electron chi connectivity index (χ4n) is 4.27. The lowest BCUT2D eigenvalue weighted by molar-refractivity contribution is 0.375. The van der Waals surface area contributed by atoms with Crippen molar-refractivity contribution >= 4 is 5.69 Å². The third kappa shape index (κ3) is 1.98. The van der Waals surface area contributed by atoms with Gasteiger partial charge in [-0.2, -0.15) is 0 Å². The second kappa shape index (κ2) is 4.62. The standard InChI is InChI=1S/C20H23N/c1-20(2)14-18(15-8-4-3-5-9-15)17-12-6-10-16-11-7-13-21(20)19(16)17/h3-6,8-10,12,18H,7,11,13-14H2,1-2H3. The number of hydrogen-bond acceptors (Lipinski definition) is 1. The summed E-state index contributed by atoms with van der Waals surface area (Å²) in [7, 11) is 0. The molecule has 21 heavy (non-hydrogen) atoms. The first-order valence-corrected chi connectivity index (χ1v) is 8.11. The first-order valence-electron chi connectivity index (χ1n) is 8.11. The van der Waals surface area contributed by atoms with Gasteiger partial charge in [-0.3, -0.25) is 0 Å². The van der Waals surface area contributed by atoms with E-state index in [0.717, 1.165) is 0 Å². The number of nitrogens with zero attached hydrogens (tertiary/aromatic N) is 1. The summed E-state index contributed by atoms with van der Waals surface area (Å²) >= 11 is 0. The molecule has 2 aromatic rings. The van der Waals surface area contributed by atoms with Crippen molar-refractivity contribution in [2.45, 2.75) is 44.6 Å². The van der Waals surface area contributed by atoms with Gasteiger partial charge in [0, 0.05) is 23.7 Å². The topological polar surface area (TPSA) is 3.24 Å². The normalized spacial score (nSPS) is 22.8. The van der Waals surface area contributed by atoms with Gasteiger partial charge in [-0.25, -0.2) is 0 Å². The maximum atomic E-state index is 2.67. The van der Waals surface area contributed by atoms with Gasteiger partial charge in [0.2, 0.25) is 0 Å². The molecule has 0 spiro atoms. The molecule has 2 aliphatic rings. The van der Waals surface area contributed by atoms with Crippen molar-refractivity contribution in [3.05, 3.63) is 65.2 Å². The van der Waals surface area contributed by atoms with E-state index in [9.17, 15) is 0 Å². The molecule has 0 radical (unpaired) electrons. The SMILES string of the molecule is CC1(C)CC(c2ccccc2)c2cccc3c2N1CCC3. The summed E-state index contributed by atoms with van der Waals surface area (Å²) in [4.78, 5) is 2.67. The number of para-hydroxylation sites is 1. The van der Waals surface area contributed by atoms with E-state index in [1.165, 1.54) is 42.6 Å². The first-order chi connectivity index (χ1) is 10.2. The minimum Gasteiger partial charge on any atom is -0.366 e. The van der Waals surface area contributed by atoms with Gasteiger partial charge in [0.1, 0.15) is 0 Å². The van der Waals surface area contributed by atoms with Crippen LogP contribution in [0.15, 0.2) is 48.5 Å². The number of aryl methyl sites for hydroxylation is 1. The zero-order valence-electron chi connectivity index (χ0n) is 13.0. The summed E-state index contributed by atoms with van der Waals surface area (Å²) in [5, 5.41) is 0. The Morgan fingerprint density at radius 3 is 2.62 bits per heavy atom. The van der Waals surface area contributed by atoms with Gasteiger partial charge in [0.15, 0.2) is 0 Å². The molecule has 0 saturated carbocycles. The average Bonchev–Trinajstić information content (AvgIpc) is 2.52. The Kier molecular flexibility index (Phi) is 2.85. The summed E-state index contributed by atoms with van der Waals surface area (Å²) in [5.41, 5.74) is 6.33. The van der Waals surface area contributed by atoms with Crippen LogP contribution in [0.25, 0.3) is 0 Å². The van der Waals surface area contributed by atoms with Gasteiger partial charge in [-0.05, 0) is 49.8 Å². The van der Waals surface area contributed by atoms with E-state index >= 15 is 0 Å². The summed E-state index contributed by atoms with van der Waals surface area (Å²) in [6, 6.07) is 18.0. The lowest BCUT2D eigenvalue weighted by atomic mass is 9.73. The Morgan fingerprint density at radius 2 is 1.81 bits per heavy atom. The van der Waals surface area contributed by atoms with Crippen LogP contribution in [0.5, 0.6) is 0 Å². The Morgan fingerprint density at radius 1 is 1.00 bits per heavy atom. The number of benzene rings is 2. The van der Waals surface area contributed by atoms with Gasteiger partial charge >= 0.3 is 0 Å². The molecular formula is C20H23N. The highest BCUT2D eigenvalue weighted by molar-refractivity contribution is 5.67. The molecule has 2 heterocycles. The Balaban J connectivity index is 1.92. The molecular weight excluding hydrogens is 254 g/mol. The molecule has 1 nitrogen and oxygen atoms in total. The van der Waals surface area contributed by atoms with Crippen LogP contribution >= 0.6 is 0 Å².